The molecule has 0 radical (unpaired) electrons. The lowest BCUT2D eigenvalue weighted by Gasteiger charge is -2.26. The number of nitrogens with one attached hydrogen (secondary N) is 1. The van der Waals surface area contributed by atoms with Crippen molar-refractivity contribution in [3.63, 3.8) is 0 Å². The number of fused-ring (bicyclic) bond motifs is 1. The number of phenolic OH excluding ortho intramolecular Hbond substituents is 1. The standard InChI is InChI=1S/C16H21N3O/c1-11-13(10-19(2)18-11)9-17-16-5-3-4-12-6-7-14(20)8-15(12)16/h6-8,10,16-17,20H,3-5,9H2,1-2H3. The Morgan fingerprint density at radius 2 is 2.30 bits per heavy atom. The number of aromatic hydroxyl groups is 1. The molecule has 0 bridgehead atoms. The first kappa shape index (κ1) is 13.2. The fourth-order valence-electron chi connectivity index (χ4n) is 3.05. The summed E-state index contributed by atoms with van der Waals surface area (Å²) in [5.74, 6) is 0.356. The van der Waals surface area contributed by atoms with Crippen LogP contribution >= 0.6 is 0 Å². The summed E-state index contributed by atoms with van der Waals surface area (Å²) in [7, 11) is 1.95. The molecule has 4 nitrogen and oxygen atoms in total. The molecule has 1 aromatic carbocycles. The summed E-state index contributed by atoms with van der Waals surface area (Å²) >= 11 is 0. The van der Waals surface area contributed by atoms with Crippen LogP contribution in [0.5, 0.6) is 5.75 Å². The Bertz CT molecular complexity index is 618. The van der Waals surface area contributed by atoms with Gasteiger partial charge in [-0.2, -0.15) is 5.10 Å². The lowest BCUT2D eigenvalue weighted by molar-refractivity contribution is 0.445. The number of hydrogen-bond donors (Lipinski definition) is 2. The highest BCUT2D eigenvalue weighted by molar-refractivity contribution is 5.38. The molecule has 1 atom stereocenters. The molecule has 1 aliphatic rings. The van der Waals surface area contributed by atoms with Crippen molar-refractivity contribution in [2.45, 2.75) is 38.8 Å². The molecule has 0 fully saturated rings. The Kier molecular flexibility index (Phi) is 3.49. The summed E-state index contributed by atoms with van der Waals surface area (Å²) in [4.78, 5) is 0. The predicted molar refractivity (Wildman–Crippen MR) is 78.6 cm³/mol. The summed E-state index contributed by atoms with van der Waals surface area (Å²) in [5.41, 5.74) is 4.92. The van der Waals surface area contributed by atoms with Crippen molar-refractivity contribution in [3.8, 4) is 5.75 Å². The summed E-state index contributed by atoms with van der Waals surface area (Å²) < 4.78 is 1.85. The Labute approximate surface area is 119 Å². The van der Waals surface area contributed by atoms with Gasteiger partial charge in [-0.1, -0.05) is 6.07 Å². The molecule has 3 rings (SSSR count). The van der Waals surface area contributed by atoms with E-state index in [1.54, 1.807) is 6.07 Å². The smallest absolute Gasteiger partial charge is 0.115 e. The predicted octanol–water partition coefficient (Wildman–Crippen LogP) is 2.60. The van der Waals surface area contributed by atoms with Gasteiger partial charge in [0.2, 0.25) is 0 Å². The average Bonchev–Trinajstić information content (AvgIpc) is 2.74. The third kappa shape index (κ3) is 2.56. The number of benzene rings is 1. The largest absolute Gasteiger partial charge is 0.508 e. The molecule has 0 saturated carbocycles. The van der Waals surface area contributed by atoms with E-state index in [0.717, 1.165) is 25.1 Å². The molecule has 4 heteroatoms. The molecule has 1 aromatic heterocycles. The monoisotopic (exact) mass is 271 g/mol. The second-order valence-electron chi connectivity index (χ2n) is 5.62. The molecule has 1 unspecified atom stereocenters. The van der Waals surface area contributed by atoms with Gasteiger partial charge in [-0.05, 0) is 49.4 Å². The van der Waals surface area contributed by atoms with Crippen molar-refractivity contribution in [2.24, 2.45) is 7.05 Å². The van der Waals surface area contributed by atoms with Crippen molar-refractivity contribution in [1.29, 1.82) is 0 Å². The van der Waals surface area contributed by atoms with Gasteiger partial charge in [0.15, 0.2) is 0 Å². The topological polar surface area (TPSA) is 50.1 Å². The van der Waals surface area contributed by atoms with Gasteiger partial charge >= 0.3 is 0 Å². The van der Waals surface area contributed by atoms with Gasteiger partial charge in [0.05, 0.1) is 5.69 Å². The zero-order chi connectivity index (χ0) is 14.1. The van der Waals surface area contributed by atoms with E-state index in [1.165, 1.54) is 23.1 Å². The van der Waals surface area contributed by atoms with Crippen LogP contribution in [0.1, 0.15) is 41.3 Å². The minimum Gasteiger partial charge on any atom is -0.508 e. The maximum absolute atomic E-state index is 9.70. The maximum Gasteiger partial charge on any atom is 0.115 e. The van der Waals surface area contributed by atoms with Crippen molar-refractivity contribution in [1.82, 2.24) is 15.1 Å². The van der Waals surface area contributed by atoms with Crippen LogP contribution < -0.4 is 5.32 Å². The van der Waals surface area contributed by atoms with Gasteiger partial charge in [0, 0.05) is 31.4 Å². The lowest BCUT2D eigenvalue weighted by Crippen LogP contribution is -2.25. The van der Waals surface area contributed by atoms with Crippen LogP contribution in [0.25, 0.3) is 0 Å². The van der Waals surface area contributed by atoms with E-state index in [9.17, 15) is 5.11 Å². The van der Waals surface area contributed by atoms with E-state index in [4.69, 9.17) is 0 Å². The van der Waals surface area contributed by atoms with E-state index in [1.807, 2.05) is 30.8 Å². The Morgan fingerprint density at radius 1 is 1.45 bits per heavy atom. The minimum atomic E-state index is 0.324. The second-order valence-corrected chi connectivity index (χ2v) is 5.62. The molecule has 1 aliphatic carbocycles. The van der Waals surface area contributed by atoms with Gasteiger partial charge in [0.25, 0.3) is 0 Å². The summed E-state index contributed by atoms with van der Waals surface area (Å²) in [6.45, 7) is 2.86. The average molecular weight is 271 g/mol. The highest BCUT2D eigenvalue weighted by Crippen LogP contribution is 2.32. The van der Waals surface area contributed by atoms with E-state index >= 15 is 0 Å². The zero-order valence-electron chi connectivity index (χ0n) is 12.1. The van der Waals surface area contributed by atoms with E-state index in [2.05, 4.69) is 16.6 Å². The summed E-state index contributed by atoms with van der Waals surface area (Å²) in [6, 6.07) is 6.06. The van der Waals surface area contributed by atoms with Crippen LogP contribution in [0.2, 0.25) is 0 Å². The van der Waals surface area contributed by atoms with Crippen LogP contribution in [-0.2, 0) is 20.0 Å². The number of aromatic nitrogens is 2. The Balaban J connectivity index is 1.76. The van der Waals surface area contributed by atoms with Crippen LogP contribution in [0.4, 0.5) is 0 Å². The summed E-state index contributed by atoms with van der Waals surface area (Å²) in [6.07, 6.45) is 5.49. The van der Waals surface area contributed by atoms with Crippen molar-refractivity contribution < 1.29 is 5.11 Å². The molecule has 1 heterocycles. The van der Waals surface area contributed by atoms with E-state index < -0.39 is 0 Å². The fraction of sp³-hybridized carbons (Fsp3) is 0.438. The second kappa shape index (κ2) is 5.29. The first-order valence-electron chi connectivity index (χ1n) is 7.18. The minimum absolute atomic E-state index is 0.324. The summed E-state index contributed by atoms with van der Waals surface area (Å²) in [5, 5.41) is 17.7. The zero-order valence-corrected chi connectivity index (χ0v) is 12.1. The van der Waals surface area contributed by atoms with Crippen LogP contribution in [0.15, 0.2) is 24.4 Å². The molecule has 2 aromatic rings. The van der Waals surface area contributed by atoms with Gasteiger partial charge < -0.3 is 10.4 Å². The van der Waals surface area contributed by atoms with Crippen LogP contribution in [0.3, 0.4) is 0 Å². The van der Waals surface area contributed by atoms with Crippen molar-refractivity contribution in [3.05, 3.63) is 46.8 Å². The van der Waals surface area contributed by atoms with Crippen molar-refractivity contribution >= 4 is 0 Å². The third-order valence-corrected chi connectivity index (χ3v) is 4.10. The van der Waals surface area contributed by atoms with E-state index in [-0.39, 0.29) is 0 Å². The van der Waals surface area contributed by atoms with Crippen LogP contribution in [-0.4, -0.2) is 14.9 Å². The molecule has 0 spiro atoms. The molecular weight excluding hydrogens is 250 g/mol. The first-order valence-corrected chi connectivity index (χ1v) is 7.18. The van der Waals surface area contributed by atoms with E-state index in [0.29, 0.717) is 11.8 Å². The molecule has 0 amide bonds. The molecule has 2 N–H and O–H groups in total. The number of rotatable bonds is 3. The number of phenols is 1. The third-order valence-electron chi connectivity index (χ3n) is 4.10. The van der Waals surface area contributed by atoms with Gasteiger partial charge in [-0.3, -0.25) is 4.68 Å². The SMILES string of the molecule is Cc1nn(C)cc1CNC1CCCc2ccc(O)cc21. The lowest BCUT2D eigenvalue weighted by atomic mass is 9.87. The van der Waals surface area contributed by atoms with Gasteiger partial charge in [-0.15, -0.1) is 0 Å². The Morgan fingerprint density at radius 3 is 3.05 bits per heavy atom. The Hall–Kier alpha value is -1.81. The quantitative estimate of drug-likeness (QED) is 0.902. The molecule has 20 heavy (non-hydrogen) atoms. The molecule has 106 valence electrons. The number of aryl methyl sites for hydroxylation is 3. The fourth-order valence-corrected chi connectivity index (χ4v) is 3.05. The molecular formula is C16H21N3O. The highest BCUT2D eigenvalue weighted by Gasteiger charge is 2.20. The maximum atomic E-state index is 9.70. The normalized spacial score (nSPS) is 18.0. The highest BCUT2D eigenvalue weighted by atomic mass is 16.3. The number of nitrogens with zero attached hydrogens (tertiary/aromatic N) is 2. The molecule has 0 aliphatic heterocycles. The number of hydrogen-bond acceptors (Lipinski definition) is 3. The van der Waals surface area contributed by atoms with Gasteiger partial charge in [0.1, 0.15) is 5.75 Å². The van der Waals surface area contributed by atoms with Crippen molar-refractivity contribution in [2.75, 3.05) is 0 Å². The first-order chi connectivity index (χ1) is 9.63. The van der Waals surface area contributed by atoms with Gasteiger partial charge in [-0.25, -0.2) is 0 Å². The molecule has 0 saturated heterocycles. The van der Waals surface area contributed by atoms with Crippen LogP contribution in [0, 0.1) is 6.92 Å².